The van der Waals surface area contributed by atoms with Crippen molar-refractivity contribution in [2.24, 2.45) is 0 Å². The van der Waals surface area contributed by atoms with Gasteiger partial charge in [-0.3, -0.25) is 9.69 Å². The van der Waals surface area contributed by atoms with E-state index in [4.69, 9.17) is 9.72 Å². The van der Waals surface area contributed by atoms with Crippen LogP contribution >= 0.6 is 11.8 Å². The standard InChI is InChI=1S/C27H33N5O2S/c1-19-2-3-25-22(12-19)17-28-27(31-25)30-24-14-20(16-26(33)29-23-4-10-35-11-5-23)13-21(15-24)18-32-6-8-34-9-7-32/h2-3,12-15,17,23H,4-11,16,18H2,1H3,(H,29,33)(H,28,30,31). The summed E-state index contributed by atoms with van der Waals surface area (Å²) >= 11 is 1.97. The minimum absolute atomic E-state index is 0.0914. The monoisotopic (exact) mass is 491 g/mol. The molecular formula is C27H33N5O2S. The number of thioether (sulfide) groups is 1. The number of aromatic nitrogens is 2. The molecule has 0 bridgehead atoms. The molecule has 0 aliphatic carbocycles. The minimum atomic E-state index is 0.0914. The highest BCUT2D eigenvalue weighted by Gasteiger charge is 2.17. The predicted molar refractivity (Wildman–Crippen MR) is 142 cm³/mol. The van der Waals surface area contributed by atoms with Crippen molar-refractivity contribution in [2.45, 2.75) is 38.8 Å². The summed E-state index contributed by atoms with van der Waals surface area (Å²) in [7, 11) is 0. The third-order valence-corrected chi connectivity index (χ3v) is 7.55. The van der Waals surface area contributed by atoms with E-state index < -0.39 is 0 Å². The largest absolute Gasteiger partial charge is 0.379 e. The molecule has 3 aromatic rings. The van der Waals surface area contributed by atoms with E-state index in [1.807, 2.05) is 30.1 Å². The highest BCUT2D eigenvalue weighted by molar-refractivity contribution is 7.99. The molecule has 2 N–H and O–H groups in total. The Morgan fingerprint density at radius 2 is 1.91 bits per heavy atom. The number of nitrogens with zero attached hydrogens (tertiary/aromatic N) is 3. The Balaban J connectivity index is 1.35. The van der Waals surface area contributed by atoms with Crippen molar-refractivity contribution < 1.29 is 9.53 Å². The quantitative estimate of drug-likeness (QED) is 0.516. The van der Waals surface area contributed by atoms with Crippen molar-refractivity contribution in [2.75, 3.05) is 43.1 Å². The van der Waals surface area contributed by atoms with E-state index in [-0.39, 0.29) is 5.91 Å². The lowest BCUT2D eigenvalue weighted by Crippen LogP contribution is -2.38. The Bertz CT molecular complexity index is 1180. The van der Waals surface area contributed by atoms with Gasteiger partial charge in [-0.15, -0.1) is 0 Å². The molecule has 2 aliphatic rings. The Labute approximate surface area is 211 Å². The molecule has 2 aromatic carbocycles. The maximum atomic E-state index is 12.8. The summed E-state index contributed by atoms with van der Waals surface area (Å²) in [4.78, 5) is 24.4. The summed E-state index contributed by atoms with van der Waals surface area (Å²) < 4.78 is 5.51. The zero-order valence-electron chi connectivity index (χ0n) is 20.3. The number of carbonyl (C=O) groups excluding carboxylic acids is 1. The van der Waals surface area contributed by atoms with E-state index >= 15 is 0 Å². The van der Waals surface area contributed by atoms with E-state index in [1.165, 1.54) is 11.1 Å². The first-order valence-electron chi connectivity index (χ1n) is 12.4. The first kappa shape index (κ1) is 24.0. The lowest BCUT2D eigenvalue weighted by molar-refractivity contribution is -0.121. The predicted octanol–water partition coefficient (Wildman–Crippen LogP) is 4.07. The van der Waals surface area contributed by atoms with Gasteiger partial charge in [-0.05, 0) is 66.7 Å². The average Bonchev–Trinajstić information content (AvgIpc) is 2.85. The molecule has 1 amide bonds. The van der Waals surface area contributed by atoms with Crippen LogP contribution in [0.15, 0.2) is 42.6 Å². The lowest BCUT2D eigenvalue weighted by atomic mass is 10.0. The van der Waals surface area contributed by atoms with E-state index in [0.29, 0.717) is 18.4 Å². The van der Waals surface area contributed by atoms with Crippen molar-refractivity contribution in [1.82, 2.24) is 20.2 Å². The lowest BCUT2D eigenvalue weighted by Gasteiger charge is -2.27. The third kappa shape index (κ3) is 6.72. The molecule has 0 spiro atoms. The SMILES string of the molecule is Cc1ccc2nc(Nc3cc(CC(=O)NC4CCSCC4)cc(CN4CCOCC4)c3)ncc2c1. The van der Waals surface area contributed by atoms with Crippen molar-refractivity contribution in [1.29, 1.82) is 0 Å². The number of fused-ring (bicyclic) bond motifs is 1. The molecule has 8 heteroatoms. The number of anilines is 2. The number of hydrogen-bond acceptors (Lipinski definition) is 7. The van der Waals surface area contributed by atoms with Crippen LogP contribution in [0.1, 0.15) is 29.5 Å². The van der Waals surface area contributed by atoms with Crippen LogP contribution in [0.3, 0.4) is 0 Å². The van der Waals surface area contributed by atoms with E-state index in [2.05, 4.69) is 51.7 Å². The van der Waals surface area contributed by atoms with Gasteiger partial charge < -0.3 is 15.4 Å². The molecule has 5 rings (SSSR count). The van der Waals surface area contributed by atoms with Crippen LogP contribution < -0.4 is 10.6 Å². The summed E-state index contributed by atoms with van der Waals surface area (Å²) in [6.45, 7) is 6.25. The summed E-state index contributed by atoms with van der Waals surface area (Å²) in [6, 6.07) is 12.8. The molecule has 2 saturated heterocycles. The highest BCUT2D eigenvalue weighted by atomic mass is 32.2. The van der Waals surface area contributed by atoms with Gasteiger partial charge in [0.2, 0.25) is 11.9 Å². The molecule has 184 valence electrons. The second kappa shape index (κ2) is 11.4. The van der Waals surface area contributed by atoms with Crippen molar-refractivity contribution in [3.63, 3.8) is 0 Å². The van der Waals surface area contributed by atoms with Gasteiger partial charge in [0.1, 0.15) is 0 Å². The molecule has 1 aromatic heterocycles. The van der Waals surface area contributed by atoms with Gasteiger partial charge in [0, 0.05) is 42.9 Å². The number of hydrogen-bond donors (Lipinski definition) is 2. The number of carbonyl (C=O) groups is 1. The van der Waals surface area contributed by atoms with Gasteiger partial charge in [0.25, 0.3) is 0 Å². The molecule has 7 nitrogen and oxygen atoms in total. The molecule has 0 radical (unpaired) electrons. The van der Waals surface area contributed by atoms with Crippen molar-refractivity contribution in [3.8, 4) is 0 Å². The Kier molecular flexibility index (Phi) is 7.81. The van der Waals surface area contributed by atoms with Gasteiger partial charge >= 0.3 is 0 Å². The van der Waals surface area contributed by atoms with E-state index in [0.717, 1.165) is 79.3 Å². The molecule has 0 saturated carbocycles. The Hall–Kier alpha value is -2.68. The van der Waals surface area contributed by atoms with Crippen LogP contribution in [0.2, 0.25) is 0 Å². The topological polar surface area (TPSA) is 79.4 Å². The van der Waals surface area contributed by atoms with Gasteiger partial charge in [-0.1, -0.05) is 17.7 Å². The zero-order chi connectivity index (χ0) is 24.0. The molecule has 0 atom stereocenters. The van der Waals surface area contributed by atoms with Crippen molar-refractivity contribution in [3.05, 3.63) is 59.3 Å². The number of aryl methyl sites for hydroxylation is 1. The molecule has 3 heterocycles. The van der Waals surface area contributed by atoms with Gasteiger partial charge in [0.15, 0.2) is 0 Å². The number of nitrogens with one attached hydrogen (secondary N) is 2. The Morgan fingerprint density at radius 3 is 2.74 bits per heavy atom. The van der Waals surface area contributed by atoms with Gasteiger partial charge in [-0.25, -0.2) is 9.97 Å². The summed E-state index contributed by atoms with van der Waals surface area (Å²) in [5.41, 5.74) is 5.16. The maximum Gasteiger partial charge on any atom is 0.227 e. The van der Waals surface area contributed by atoms with Gasteiger partial charge in [0.05, 0.1) is 25.2 Å². The summed E-state index contributed by atoms with van der Waals surface area (Å²) in [5.74, 6) is 2.90. The second-order valence-corrected chi connectivity index (χ2v) is 10.7. The molecular weight excluding hydrogens is 458 g/mol. The van der Waals surface area contributed by atoms with E-state index in [9.17, 15) is 4.79 Å². The fourth-order valence-corrected chi connectivity index (χ4v) is 5.80. The number of morpholine rings is 1. The number of benzene rings is 2. The fourth-order valence-electron chi connectivity index (χ4n) is 4.69. The highest BCUT2D eigenvalue weighted by Crippen LogP contribution is 2.23. The Morgan fingerprint density at radius 1 is 1.11 bits per heavy atom. The number of amides is 1. The fraction of sp³-hybridized carbons (Fsp3) is 0.444. The van der Waals surface area contributed by atoms with Crippen LogP contribution in [-0.4, -0.2) is 64.6 Å². The first-order valence-corrected chi connectivity index (χ1v) is 13.6. The van der Waals surface area contributed by atoms with Crippen molar-refractivity contribution >= 4 is 40.2 Å². The summed E-state index contributed by atoms with van der Waals surface area (Å²) in [5, 5.41) is 7.64. The minimum Gasteiger partial charge on any atom is -0.379 e. The van der Waals surface area contributed by atoms with Gasteiger partial charge in [-0.2, -0.15) is 11.8 Å². The number of ether oxygens (including phenoxy) is 1. The normalized spacial score (nSPS) is 17.4. The average molecular weight is 492 g/mol. The van der Waals surface area contributed by atoms with Crippen LogP contribution in [0.25, 0.3) is 10.9 Å². The van der Waals surface area contributed by atoms with Crippen LogP contribution in [0.4, 0.5) is 11.6 Å². The maximum absolute atomic E-state index is 12.8. The molecule has 2 fully saturated rings. The van der Waals surface area contributed by atoms with Crippen LogP contribution in [0.5, 0.6) is 0 Å². The smallest absolute Gasteiger partial charge is 0.227 e. The van der Waals surface area contributed by atoms with Crippen LogP contribution in [-0.2, 0) is 22.5 Å². The first-order chi connectivity index (χ1) is 17.1. The van der Waals surface area contributed by atoms with Crippen LogP contribution in [0, 0.1) is 6.92 Å². The zero-order valence-corrected chi connectivity index (χ0v) is 21.1. The molecule has 2 aliphatic heterocycles. The second-order valence-electron chi connectivity index (χ2n) is 9.44. The summed E-state index contributed by atoms with van der Waals surface area (Å²) in [6.07, 6.45) is 4.33. The van der Waals surface area contributed by atoms with E-state index in [1.54, 1.807) is 0 Å². The molecule has 35 heavy (non-hydrogen) atoms. The third-order valence-electron chi connectivity index (χ3n) is 6.51. The molecule has 0 unspecified atom stereocenters. The number of rotatable bonds is 7.